The Morgan fingerprint density at radius 3 is 2.62 bits per heavy atom. The molecule has 21 heavy (non-hydrogen) atoms. The van der Waals surface area contributed by atoms with Gasteiger partial charge in [0, 0.05) is 12.1 Å². The fourth-order valence-electron chi connectivity index (χ4n) is 1.89. The first-order valence-corrected chi connectivity index (χ1v) is 6.71. The van der Waals surface area contributed by atoms with Crippen LogP contribution >= 0.6 is 11.6 Å². The Kier molecular flexibility index (Phi) is 4.90. The summed E-state index contributed by atoms with van der Waals surface area (Å²) >= 11 is 6.00. The highest BCUT2D eigenvalue weighted by Gasteiger charge is 2.19. The molecule has 0 fully saturated rings. The molecule has 0 saturated carbocycles. The number of hydrogen-bond donors (Lipinski definition) is 0. The van der Waals surface area contributed by atoms with Crippen LogP contribution in [0.3, 0.4) is 0 Å². The number of benzene rings is 1. The second kappa shape index (κ2) is 6.67. The fourth-order valence-corrected chi connectivity index (χ4v) is 2.12. The van der Waals surface area contributed by atoms with Crippen molar-refractivity contribution >= 4 is 17.4 Å². The van der Waals surface area contributed by atoms with Crippen molar-refractivity contribution in [2.75, 3.05) is 0 Å². The van der Waals surface area contributed by atoms with Gasteiger partial charge in [-0.05, 0) is 30.7 Å². The van der Waals surface area contributed by atoms with E-state index < -0.39 is 6.61 Å². The smallest absolute Gasteiger partial charge is 0.387 e. The predicted molar refractivity (Wildman–Crippen MR) is 74.0 cm³/mol. The number of carbonyl (C=O) groups excluding carboxylic acids is 1. The van der Waals surface area contributed by atoms with Crippen LogP contribution in [0.1, 0.15) is 29.4 Å². The van der Waals surface area contributed by atoms with Crippen LogP contribution < -0.4 is 4.74 Å². The molecule has 1 aromatic heterocycles. The van der Waals surface area contributed by atoms with Crippen molar-refractivity contribution in [1.82, 2.24) is 9.78 Å². The second-order valence-electron chi connectivity index (χ2n) is 4.30. The van der Waals surface area contributed by atoms with E-state index >= 15 is 0 Å². The van der Waals surface area contributed by atoms with E-state index in [1.165, 1.54) is 35.1 Å². The number of rotatable bonds is 6. The van der Waals surface area contributed by atoms with Crippen molar-refractivity contribution in [3.05, 3.63) is 46.7 Å². The normalized spacial score (nSPS) is 10.9. The van der Waals surface area contributed by atoms with E-state index in [1.54, 1.807) is 0 Å². The van der Waals surface area contributed by atoms with E-state index in [0.29, 0.717) is 17.8 Å². The largest absolute Gasteiger partial charge is 0.435 e. The number of ether oxygens (including phenoxy) is 1. The third kappa shape index (κ3) is 3.58. The Bertz CT molecular complexity index is 626. The number of carbonyl (C=O) groups is 1. The van der Waals surface area contributed by atoms with Gasteiger partial charge in [0.05, 0.1) is 11.2 Å². The molecule has 2 aromatic rings. The highest BCUT2D eigenvalue weighted by molar-refractivity contribution is 6.34. The van der Waals surface area contributed by atoms with Gasteiger partial charge in [-0.25, -0.2) is 0 Å². The van der Waals surface area contributed by atoms with Gasteiger partial charge < -0.3 is 4.74 Å². The lowest BCUT2D eigenvalue weighted by atomic mass is 10.1. The Labute approximate surface area is 125 Å². The fraction of sp³-hybridized carbons (Fsp3) is 0.286. The molecule has 0 N–H and O–H groups in total. The SMILES string of the molecule is CCCn1ncc(Cl)c1C(=O)c1ccc(OC(F)F)cc1. The van der Waals surface area contributed by atoms with Gasteiger partial charge in [-0.2, -0.15) is 13.9 Å². The zero-order valence-electron chi connectivity index (χ0n) is 11.2. The van der Waals surface area contributed by atoms with Crippen LogP contribution in [0.5, 0.6) is 5.75 Å². The summed E-state index contributed by atoms with van der Waals surface area (Å²) < 4.78 is 29.9. The first-order chi connectivity index (χ1) is 10.0. The van der Waals surface area contributed by atoms with Crippen molar-refractivity contribution in [1.29, 1.82) is 0 Å². The van der Waals surface area contributed by atoms with Crippen LogP contribution in [0.4, 0.5) is 8.78 Å². The van der Waals surface area contributed by atoms with Gasteiger partial charge >= 0.3 is 6.61 Å². The highest BCUT2D eigenvalue weighted by Crippen LogP contribution is 2.22. The van der Waals surface area contributed by atoms with Crippen molar-refractivity contribution in [2.24, 2.45) is 0 Å². The summed E-state index contributed by atoms with van der Waals surface area (Å²) in [6.45, 7) is -0.368. The molecular weight excluding hydrogens is 302 g/mol. The third-order valence-corrected chi connectivity index (χ3v) is 3.06. The van der Waals surface area contributed by atoms with E-state index in [1.807, 2.05) is 6.92 Å². The van der Waals surface area contributed by atoms with Gasteiger partial charge in [-0.3, -0.25) is 9.48 Å². The summed E-state index contributed by atoms with van der Waals surface area (Å²) in [6, 6.07) is 5.46. The maximum Gasteiger partial charge on any atom is 0.387 e. The maximum atomic E-state index is 12.4. The summed E-state index contributed by atoms with van der Waals surface area (Å²) in [5, 5.41) is 4.31. The molecule has 7 heteroatoms. The Balaban J connectivity index is 2.26. The van der Waals surface area contributed by atoms with Crippen LogP contribution in [-0.2, 0) is 6.54 Å². The Hall–Kier alpha value is -1.95. The maximum absolute atomic E-state index is 12.4. The van der Waals surface area contributed by atoms with Crippen molar-refractivity contribution in [2.45, 2.75) is 26.5 Å². The van der Waals surface area contributed by atoms with Crippen LogP contribution in [-0.4, -0.2) is 22.2 Å². The highest BCUT2D eigenvalue weighted by atomic mass is 35.5. The van der Waals surface area contributed by atoms with Crippen LogP contribution in [0, 0.1) is 0 Å². The summed E-state index contributed by atoms with van der Waals surface area (Å²) in [6.07, 6.45) is 2.22. The Morgan fingerprint density at radius 2 is 2.05 bits per heavy atom. The molecule has 1 aromatic carbocycles. The molecule has 2 rings (SSSR count). The first-order valence-electron chi connectivity index (χ1n) is 6.33. The molecule has 0 aliphatic heterocycles. The molecule has 0 unspecified atom stereocenters. The number of ketones is 1. The van der Waals surface area contributed by atoms with E-state index in [-0.39, 0.29) is 16.6 Å². The minimum atomic E-state index is -2.90. The van der Waals surface area contributed by atoms with E-state index in [0.717, 1.165) is 6.42 Å². The molecule has 0 aliphatic rings. The molecule has 1 heterocycles. The van der Waals surface area contributed by atoms with E-state index in [9.17, 15) is 13.6 Å². The minimum Gasteiger partial charge on any atom is -0.435 e. The molecule has 0 bridgehead atoms. The number of nitrogens with zero attached hydrogens (tertiary/aromatic N) is 2. The molecule has 0 spiro atoms. The Morgan fingerprint density at radius 1 is 1.38 bits per heavy atom. The number of alkyl halides is 2. The molecule has 0 saturated heterocycles. The lowest BCUT2D eigenvalue weighted by Gasteiger charge is -2.07. The van der Waals surface area contributed by atoms with Gasteiger partial charge in [0.15, 0.2) is 0 Å². The van der Waals surface area contributed by atoms with Crippen LogP contribution in [0.25, 0.3) is 0 Å². The van der Waals surface area contributed by atoms with Gasteiger partial charge in [0.25, 0.3) is 0 Å². The summed E-state index contributed by atoms with van der Waals surface area (Å²) in [4.78, 5) is 12.4. The third-order valence-electron chi connectivity index (χ3n) is 2.79. The molecule has 0 atom stereocenters. The first kappa shape index (κ1) is 15.4. The van der Waals surface area contributed by atoms with Gasteiger partial charge in [0.1, 0.15) is 11.4 Å². The average Bonchev–Trinajstić information content (AvgIpc) is 2.80. The summed E-state index contributed by atoms with van der Waals surface area (Å²) in [5.74, 6) is -0.316. The summed E-state index contributed by atoms with van der Waals surface area (Å²) in [5.41, 5.74) is 0.623. The van der Waals surface area contributed by atoms with E-state index in [4.69, 9.17) is 11.6 Å². The van der Waals surface area contributed by atoms with Gasteiger partial charge in [0.2, 0.25) is 5.78 Å². The minimum absolute atomic E-state index is 0.00490. The number of halogens is 3. The predicted octanol–water partition coefficient (Wildman–Crippen LogP) is 3.78. The molecule has 0 aliphatic carbocycles. The standard InChI is InChI=1S/C14H13ClF2N2O2/c1-2-7-19-12(11(15)8-18-19)13(20)9-3-5-10(6-4-9)21-14(16)17/h3-6,8,14H,2,7H2,1H3. The number of aryl methyl sites for hydroxylation is 1. The molecule has 4 nitrogen and oxygen atoms in total. The topological polar surface area (TPSA) is 44.1 Å². The van der Waals surface area contributed by atoms with Crippen molar-refractivity contribution in [3.8, 4) is 5.75 Å². The van der Waals surface area contributed by atoms with E-state index in [2.05, 4.69) is 9.84 Å². The molecular formula is C14H13ClF2N2O2. The number of aromatic nitrogens is 2. The zero-order chi connectivity index (χ0) is 15.4. The summed E-state index contributed by atoms with van der Waals surface area (Å²) in [7, 11) is 0. The van der Waals surface area contributed by atoms with Crippen molar-refractivity contribution < 1.29 is 18.3 Å². The molecule has 112 valence electrons. The van der Waals surface area contributed by atoms with Crippen LogP contribution in [0.15, 0.2) is 30.5 Å². The zero-order valence-corrected chi connectivity index (χ0v) is 12.0. The second-order valence-corrected chi connectivity index (χ2v) is 4.70. The van der Waals surface area contributed by atoms with Gasteiger partial charge in [-0.1, -0.05) is 18.5 Å². The molecule has 0 radical (unpaired) electrons. The van der Waals surface area contributed by atoms with Crippen molar-refractivity contribution in [3.63, 3.8) is 0 Å². The monoisotopic (exact) mass is 314 g/mol. The van der Waals surface area contributed by atoms with Gasteiger partial charge in [-0.15, -0.1) is 0 Å². The van der Waals surface area contributed by atoms with Crippen LogP contribution in [0.2, 0.25) is 5.02 Å². The molecule has 0 amide bonds. The lowest BCUT2D eigenvalue weighted by molar-refractivity contribution is -0.0498. The lowest BCUT2D eigenvalue weighted by Crippen LogP contribution is -2.12. The quantitative estimate of drug-likeness (QED) is 0.762. The average molecular weight is 315 g/mol. The number of hydrogen-bond acceptors (Lipinski definition) is 3.